The van der Waals surface area contributed by atoms with Crippen LogP contribution >= 0.6 is 0 Å². The summed E-state index contributed by atoms with van der Waals surface area (Å²) >= 11 is 0. The molecular weight excluding hydrogens is 361 g/mol. The third kappa shape index (κ3) is 6.59. The van der Waals surface area contributed by atoms with Crippen molar-refractivity contribution in [2.75, 3.05) is 12.4 Å². The fourth-order valence-corrected chi connectivity index (χ4v) is 2.13. The third-order valence-corrected chi connectivity index (χ3v) is 3.25. The number of nitrogens with one attached hydrogen (secondary N) is 1. The molecule has 0 heterocycles. The van der Waals surface area contributed by atoms with Crippen molar-refractivity contribution in [3.63, 3.8) is 0 Å². The van der Waals surface area contributed by atoms with E-state index in [-0.39, 0.29) is 69.1 Å². The number of rotatable bonds is 5. The van der Waals surface area contributed by atoms with Crippen molar-refractivity contribution in [1.82, 2.24) is 0 Å². The molecule has 0 bridgehead atoms. The Kier molecular flexibility index (Phi) is 8.36. The number of carbonyl (C=O) groups is 2. The Morgan fingerprint density at radius 1 is 1.08 bits per heavy atom. The SMILES string of the molecule is COC(=O)c1cc(NC(=O)Cc2ccccc2)cc([B-](F)(F)F)c1.[K+]. The van der Waals surface area contributed by atoms with E-state index in [0.717, 1.165) is 24.8 Å². The minimum absolute atomic E-state index is 0. The zero-order valence-electron chi connectivity index (χ0n) is 13.8. The van der Waals surface area contributed by atoms with Gasteiger partial charge in [-0.2, -0.15) is 0 Å². The molecule has 0 unspecified atom stereocenters. The van der Waals surface area contributed by atoms with Gasteiger partial charge >= 0.3 is 64.3 Å². The van der Waals surface area contributed by atoms with Crippen molar-refractivity contribution >= 4 is 30.0 Å². The van der Waals surface area contributed by atoms with Gasteiger partial charge in [0, 0.05) is 5.69 Å². The normalized spacial score (nSPS) is 10.6. The van der Waals surface area contributed by atoms with Crippen LogP contribution in [0.3, 0.4) is 0 Å². The molecule has 9 heteroatoms. The quantitative estimate of drug-likeness (QED) is 0.578. The molecule has 126 valence electrons. The molecule has 0 aliphatic carbocycles. The summed E-state index contributed by atoms with van der Waals surface area (Å²) in [6.07, 6.45) is 0.00971. The first-order valence-corrected chi connectivity index (χ1v) is 7.06. The monoisotopic (exact) mass is 375 g/mol. The van der Waals surface area contributed by atoms with Gasteiger partial charge in [0.2, 0.25) is 5.91 Å². The number of halogens is 3. The maximum Gasteiger partial charge on any atom is 1.00 e. The van der Waals surface area contributed by atoms with E-state index in [2.05, 4.69) is 10.1 Å². The second kappa shape index (κ2) is 9.54. The number of benzene rings is 2. The maximum atomic E-state index is 13.0. The molecule has 0 saturated heterocycles. The minimum Gasteiger partial charge on any atom is -0.465 e. The van der Waals surface area contributed by atoms with E-state index in [0.29, 0.717) is 6.07 Å². The van der Waals surface area contributed by atoms with Crippen LogP contribution in [0.1, 0.15) is 15.9 Å². The second-order valence-electron chi connectivity index (χ2n) is 5.12. The molecule has 2 rings (SSSR count). The number of esters is 1. The number of methoxy groups -OCH3 is 1. The summed E-state index contributed by atoms with van der Waals surface area (Å²) in [5.41, 5.74) is -0.635. The predicted molar refractivity (Wildman–Crippen MR) is 85.3 cm³/mol. The largest absolute Gasteiger partial charge is 1.00 e. The van der Waals surface area contributed by atoms with Crippen molar-refractivity contribution < 1.29 is 78.7 Å². The number of ether oxygens (including phenoxy) is 1. The summed E-state index contributed by atoms with van der Waals surface area (Å²) in [6, 6.07) is 11.4. The van der Waals surface area contributed by atoms with Crippen molar-refractivity contribution in [3.05, 3.63) is 59.7 Å². The average molecular weight is 375 g/mol. The smallest absolute Gasteiger partial charge is 0.465 e. The Labute approximate surface area is 185 Å². The Morgan fingerprint density at radius 3 is 2.28 bits per heavy atom. The first kappa shape index (κ1) is 21.9. The van der Waals surface area contributed by atoms with E-state index in [4.69, 9.17) is 0 Å². The van der Waals surface area contributed by atoms with E-state index >= 15 is 0 Å². The van der Waals surface area contributed by atoms with Gasteiger partial charge in [-0.1, -0.05) is 42.5 Å². The molecule has 1 amide bonds. The molecule has 0 fully saturated rings. The van der Waals surface area contributed by atoms with Crippen LogP contribution in [0.15, 0.2) is 48.5 Å². The Hall–Kier alpha value is -1.13. The van der Waals surface area contributed by atoms with Gasteiger partial charge in [0.1, 0.15) is 0 Å². The first-order valence-electron chi connectivity index (χ1n) is 7.06. The molecule has 0 aliphatic rings. The van der Waals surface area contributed by atoms with Crippen LogP contribution in [0, 0.1) is 0 Å². The fourth-order valence-electron chi connectivity index (χ4n) is 2.13. The second-order valence-corrected chi connectivity index (χ2v) is 5.12. The van der Waals surface area contributed by atoms with E-state index in [9.17, 15) is 22.5 Å². The Bertz CT molecular complexity index is 754. The van der Waals surface area contributed by atoms with Crippen LogP contribution in [-0.4, -0.2) is 26.0 Å². The summed E-state index contributed by atoms with van der Waals surface area (Å²) in [6.45, 7) is -5.32. The summed E-state index contributed by atoms with van der Waals surface area (Å²) in [5, 5.41) is 2.39. The van der Waals surface area contributed by atoms with E-state index < -0.39 is 24.3 Å². The predicted octanol–water partition coefficient (Wildman–Crippen LogP) is -0.287. The molecular formula is C16H14BF3KNO3. The average Bonchev–Trinajstić information content (AvgIpc) is 2.53. The van der Waals surface area contributed by atoms with Gasteiger partial charge in [-0.15, -0.1) is 5.46 Å². The van der Waals surface area contributed by atoms with Crippen LogP contribution in [0.2, 0.25) is 0 Å². The first-order chi connectivity index (χ1) is 11.3. The van der Waals surface area contributed by atoms with E-state index in [1.54, 1.807) is 30.3 Å². The number of anilines is 1. The molecule has 0 radical (unpaired) electrons. The molecule has 25 heavy (non-hydrogen) atoms. The van der Waals surface area contributed by atoms with Crippen LogP contribution in [0.25, 0.3) is 0 Å². The third-order valence-electron chi connectivity index (χ3n) is 3.25. The molecule has 1 N–H and O–H groups in total. The van der Waals surface area contributed by atoms with Gasteiger partial charge in [0.15, 0.2) is 0 Å². The van der Waals surface area contributed by atoms with Gasteiger partial charge in [0.25, 0.3) is 0 Å². The van der Waals surface area contributed by atoms with Crippen LogP contribution in [0.4, 0.5) is 18.6 Å². The minimum atomic E-state index is -5.32. The van der Waals surface area contributed by atoms with Crippen LogP contribution in [-0.2, 0) is 16.0 Å². The van der Waals surface area contributed by atoms with Gasteiger partial charge in [-0.25, -0.2) is 4.79 Å². The van der Waals surface area contributed by atoms with Crippen molar-refractivity contribution in [1.29, 1.82) is 0 Å². The maximum absolute atomic E-state index is 13.0. The van der Waals surface area contributed by atoms with Crippen LogP contribution in [0.5, 0.6) is 0 Å². The molecule has 4 nitrogen and oxygen atoms in total. The van der Waals surface area contributed by atoms with E-state index in [1.165, 1.54) is 0 Å². The molecule has 0 aliphatic heterocycles. The molecule has 2 aromatic carbocycles. The van der Waals surface area contributed by atoms with Gasteiger partial charge in [0.05, 0.1) is 19.1 Å². The summed E-state index contributed by atoms with van der Waals surface area (Å²) in [5.74, 6) is -1.39. The van der Waals surface area contributed by atoms with Crippen LogP contribution < -0.4 is 62.2 Å². The van der Waals surface area contributed by atoms with Crippen molar-refractivity contribution in [2.24, 2.45) is 0 Å². The molecule has 0 spiro atoms. The number of hydrogen-bond donors (Lipinski definition) is 1. The van der Waals surface area contributed by atoms with Crippen molar-refractivity contribution in [3.8, 4) is 0 Å². The molecule has 0 atom stereocenters. The summed E-state index contributed by atoms with van der Waals surface area (Å²) in [7, 11) is 1.07. The van der Waals surface area contributed by atoms with E-state index in [1.807, 2.05) is 0 Å². The summed E-state index contributed by atoms with van der Waals surface area (Å²) in [4.78, 5) is 23.5. The Balaban J connectivity index is 0.00000312. The topological polar surface area (TPSA) is 55.4 Å². The number of carbonyl (C=O) groups excluding carboxylic acids is 2. The number of hydrogen-bond acceptors (Lipinski definition) is 3. The number of amides is 1. The zero-order chi connectivity index (χ0) is 17.7. The van der Waals surface area contributed by atoms with Gasteiger partial charge in [-0.3, -0.25) is 4.79 Å². The van der Waals surface area contributed by atoms with Gasteiger partial charge < -0.3 is 23.0 Å². The standard InChI is InChI=1S/C16H14BF3NO3.K/c1-24-16(23)12-8-13(17(18,19)20)10-14(9-12)21-15(22)7-11-5-3-2-4-6-11;/h2-6,8-10H,7H2,1H3,(H,21,22);/q-1;+1. The molecule has 0 saturated carbocycles. The zero-order valence-corrected chi connectivity index (χ0v) is 16.9. The molecule has 2 aromatic rings. The molecule has 0 aromatic heterocycles. The van der Waals surface area contributed by atoms with Crippen molar-refractivity contribution in [2.45, 2.75) is 6.42 Å². The van der Waals surface area contributed by atoms with Gasteiger partial charge in [-0.05, 0) is 11.6 Å². The fraction of sp³-hybridized carbons (Fsp3) is 0.125. The summed E-state index contributed by atoms with van der Waals surface area (Å²) < 4.78 is 43.4. The Morgan fingerprint density at radius 2 is 1.72 bits per heavy atom.